The number of fused-ring (bicyclic) bond motifs is 1. The summed E-state index contributed by atoms with van der Waals surface area (Å²) in [5.74, 6) is -0.330. The predicted molar refractivity (Wildman–Crippen MR) is 117 cm³/mol. The lowest BCUT2D eigenvalue weighted by Gasteiger charge is -2.20. The largest absolute Gasteiger partial charge is 0.312 e. The maximum atomic E-state index is 13.1. The number of Topliss-reactive ketones (excluding diaryl/α,β-unsaturated/α-hetero) is 1. The number of hydrogen-bond donors (Lipinski definition) is 1. The number of para-hydroxylation sites is 1. The van der Waals surface area contributed by atoms with Crippen LogP contribution in [0.4, 0.5) is 5.69 Å². The fourth-order valence-corrected chi connectivity index (χ4v) is 3.38. The molecule has 0 aliphatic carbocycles. The van der Waals surface area contributed by atoms with E-state index in [0.717, 1.165) is 16.8 Å². The van der Waals surface area contributed by atoms with Crippen LogP contribution in [0.25, 0.3) is 0 Å². The first kappa shape index (κ1) is 19.7. The lowest BCUT2D eigenvalue weighted by atomic mass is 10.0. The summed E-state index contributed by atoms with van der Waals surface area (Å²) >= 11 is 0. The van der Waals surface area contributed by atoms with Gasteiger partial charge in [-0.05, 0) is 24.6 Å². The number of aliphatic imine (C=N–C) groups is 1. The van der Waals surface area contributed by atoms with Gasteiger partial charge in [0.25, 0.3) is 5.91 Å². The number of hydrogen-bond acceptors (Lipinski definition) is 5. The average molecular weight is 398 g/mol. The van der Waals surface area contributed by atoms with Crippen LogP contribution in [0.3, 0.4) is 0 Å². The van der Waals surface area contributed by atoms with E-state index in [0.29, 0.717) is 17.0 Å². The van der Waals surface area contributed by atoms with E-state index in [9.17, 15) is 9.59 Å². The van der Waals surface area contributed by atoms with Crippen molar-refractivity contribution in [3.63, 3.8) is 0 Å². The monoisotopic (exact) mass is 398 g/mol. The molecule has 1 amide bonds. The molecule has 150 valence electrons. The van der Waals surface area contributed by atoms with Crippen molar-refractivity contribution in [3.8, 4) is 0 Å². The molecule has 4 rings (SSSR count). The number of benzodiazepines with no additional fused rings is 1. The summed E-state index contributed by atoms with van der Waals surface area (Å²) in [5.41, 5.74) is 4.50. The normalized spacial score (nSPS) is 15.9. The van der Waals surface area contributed by atoms with Crippen LogP contribution in [0, 0.1) is 6.92 Å². The molecule has 0 radical (unpaired) electrons. The Morgan fingerprint density at radius 2 is 1.77 bits per heavy atom. The Balaban J connectivity index is 1.70. The van der Waals surface area contributed by atoms with Gasteiger partial charge in [-0.2, -0.15) is 0 Å². The highest BCUT2D eigenvalue weighted by molar-refractivity contribution is 6.19. The van der Waals surface area contributed by atoms with Gasteiger partial charge in [0.1, 0.15) is 0 Å². The SMILES string of the molecule is Cc1ccc(C2=NC(NCC(=O)c3ccccc3)C(=O)N(C)c3ccccc32)nc1. The number of pyridine rings is 1. The Kier molecular flexibility index (Phi) is 5.50. The standard InChI is InChI=1S/C24H22N4O2/c1-16-12-13-19(25-14-16)22-18-10-6-7-11-20(18)28(2)24(30)23(27-22)26-15-21(29)17-8-4-3-5-9-17/h3-14,23,26H,15H2,1-2H3. The third-order valence-corrected chi connectivity index (χ3v) is 5.05. The maximum absolute atomic E-state index is 13.1. The number of amides is 1. The maximum Gasteiger partial charge on any atom is 0.266 e. The van der Waals surface area contributed by atoms with Crippen LogP contribution in [-0.4, -0.2) is 42.1 Å². The second kappa shape index (κ2) is 8.39. The summed E-state index contributed by atoms with van der Waals surface area (Å²) in [6.07, 6.45) is 0.881. The van der Waals surface area contributed by atoms with Crippen molar-refractivity contribution in [2.75, 3.05) is 18.5 Å². The molecule has 2 heterocycles. The van der Waals surface area contributed by atoms with E-state index < -0.39 is 6.17 Å². The Hall–Kier alpha value is -3.64. The number of nitrogens with zero attached hydrogens (tertiary/aromatic N) is 3. The zero-order valence-corrected chi connectivity index (χ0v) is 16.9. The number of carbonyl (C=O) groups is 2. The Labute approximate surface area is 175 Å². The predicted octanol–water partition coefficient (Wildman–Crippen LogP) is 3.00. The molecular formula is C24H22N4O2. The summed E-state index contributed by atoms with van der Waals surface area (Å²) in [6, 6.07) is 20.5. The van der Waals surface area contributed by atoms with Crippen LogP contribution in [0.5, 0.6) is 0 Å². The van der Waals surface area contributed by atoms with Crippen molar-refractivity contribution in [1.29, 1.82) is 0 Å². The number of ketones is 1. The molecule has 6 nitrogen and oxygen atoms in total. The van der Waals surface area contributed by atoms with Crippen LogP contribution in [0.1, 0.15) is 27.2 Å². The van der Waals surface area contributed by atoms with Crippen LogP contribution in [0.15, 0.2) is 77.9 Å². The third-order valence-electron chi connectivity index (χ3n) is 5.05. The lowest BCUT2D eigenvalue weighted by molar-refractivity contribution is -0.120. The molecule has 0 spiro atoms. The Morgan fingerprint density at radius 3 is 2.50 bits per heavy atom. The molecule has 1 aliphatic heterocycles. The highest BCUT2D eigenvalue weighted by Gasteiger charge is 2.30. The van der Waals surface area contributed by atoms with Gasteiger partial charge in [0.05, 0.1) is 23.6 Å². The van der Waals surface area contributed by atoms with Gasteiger partial charge in [0, 0.05) is 24.4 Å². The Morgan fingerprint density at radius 1 is 1.03 bits per heavy atom. The molecule has 1 atom stereocenters. The minimum Gasteiger partial charge on any atom is -0.312 e. The van der Waals surface area contributed by atoms with Gasteiger partial charge >= 0.3 is 0 Å². The van der Waals surface area contributed by atoms with Crippen molar-refractivity contribution < 1.29 is 9.59 Å². The summed E-state index contributed by atoms with van der Waals surface area (Å²) in [4.78, 5) is 36.4. The van der Waals surface area contributed by atoms with Gasteiger partial charge in [-0.1, -0.05) is 54.6 Å². The third kappa shape index (κ3) is 3.90. The summed E-state index contributed by atoms with van der Waals surface area (Å²) in [7, 11) is 1.72. The van der Waals surface area contributed by atoms with Gasteiger partial charge in [0.2, 0.25) is 0 Å². The smallest absolute Gasteiger partial charge is 0.266 e. The number of rotatable bonds is 5. The molecule has 1 N–H and O–H groups in total. The molecule has 0 fully saturated rings. The van der Waals surface area contributed by atoms with Crippen LogP contribution >= 0.6 is 0 Å². The second-order valence-corrected chi connectivity index (χ2v) is 7.19. The number of likely N-dealkylation sites (N-methyl/N-ethyl adjacent to an activating group) is 1. The minimum atomic E-state index is -0.895. The molecule has 2 aromatic carbocycles. The molecule has 1 aromatic heterocycles. The fraction of sp³-hybridized carbons (Fsp3) is 0.167. The van der Waals surface area contributed by atoms with Crippen LogP contribution < -0.4 is 10.2 Å². The number of carbonyl (C=O) groups excluding carboxylic acids is 2. The van der Waals surface area contributed by atoms with Crippen LogP contribution in [-0.2, 0) is 4.79 Å². The van der Waals surface area contributed by atoms with Crippen molar-refractivity contribution >= 4 is 23.1 Å². The summed E-state index contributed by atoms with van der Waals surface area (Å²) in [5, 5.41) is 3.03. The van der Waals surface area contributed by atoms with Crippen LogP contribution in [0.2, 0.25) is 0 Å². The van der Waals surface area contributed by atoms with Crippen molar-refractivity contribution in [1.82, 2.24) is 10.3 Å². The average Bonchev–Trinajstić information content (AvgIpc) is 2.89. The molecule has 1 unspecified atom stereocenters. The van der Waals surface area contributed by atoms with E-state index in [-0.39, 0.29) is 18.2 Å². The molecular weight excluding hydrogens is 376 g/mol. The first-order valence-electron chi connectivity index (χ1n) is 9.74. The fourth-order valence-electron chi connectivity index (χ4n) is 3.38. The van der Waals surface area contributed by atoms with E-state index >= 15 is 0 Å². The van der Waals surface area contributed by atoms with Crippen molar-refractivity contribution in [2.24, 2.45) is 4.99 Å². The number of anilines is 1. The molecule has 0 saturated carbocycles. The topological polar surface area (TPSA) is 74.7 Å². The van der Waals surface area contributed by atoms with Crippen molar-refractivity contribution in [2.45, 2.75) is 13.1 Å². The van der Waals surface area contributed by atoms with E-state index in [1.807, 2.05) is 61.5 Å². The molecule has 3 aromatic rings. The Bertz CT molecular complexity index is 1110. The lowest BCUT2D eigenvalue weighted by Crippen LogP contribution is -2.45. The highest BCUT2D eigenvalue weighted by atomic mass is 16.2. The van der Waals surface area contributed by atoms with Crippen molar-refractivity contribution in [3.05, 3.63) is 95.3 Å². The first-order chi connectivity index (χ1) is 14.5. The molecule has 1 aliphatic rings. The summed E-state index contributed by atoms with van der Waals surface area (Å²) < 4.78 is 0. The highest BCUT2D eigenvalue weighted by Crippen LogP contribution is 2.26. The van der Waals surface area contributed by atoms with Gasteiger partial charge in [0.15, 0.2) is 11.9 Å². The number of aryl methyl sites for hydroxylation is 1. The molecule has 30 heavy (non-hydrogen) atoms. The number of aromatic nitrogens is 1. The minimum absolute atomic E-state index is 0.00269. The van der Waals surface area contributed by atoms with E-state index in [1.54, 1.807) is 30.3 Å². The summed E-state index contributed by atoms with van der Waals surface area (Å²) in [6.45, 7) is 1.97. The van der Waals surface area contributed by atoms with Gasteiger partial charge in [-0.25, -0.2) is 0 Å². The number of benzene rings is 2. The van der Waals surface area contributed by atoms with Gasteiger partial charge in [-0.3, -0.25) is 24.9 Å². The molecule has 0 saturated heterocycles. The van der Waals surface area contributed by atoms with Gasteiger partial charge in [-0.15, -0.1) is 0 Å². The number of nitrogens with one attached hydrogen (secondary N) is 1. The quantitative estimate of drug-likeness (QED) is 0.671. The van der Waals surface area contributed by atoms with E-state index in [1.165, 1.54) is 0 Å². The van der Waals surface area contributed by atoms with E-state index in [2.05, 4.69) is 10.3 Å². The molecule has 6 heteroatoms. The van der Waals surface area contributed by atoms with Gasteiger partial charge < -0.3 is 4.90 Å². The zero-order chi connectivity index (χ0) is 21.1. The van der Waals surface area contributed by atoms with E-state index in [4.69, 9.17) is 4.99 Å². The molecule has 0 bridgehead atoms. The second-order valence-electron chi connectivity index (χ2n) is 7.19. The zero-order valence-electron chi connectivity index (χ0n) is 16.9. The first-order valence-corrected chi connectivity index (χ1v) is 9.74.